The zero-order valence-corrected chi connectivity index (χ0v) is 8.42. The minimum atomic E-state index is 1.16. The van der Waals surface area contributed by atoms with E-state index in [1.807, 2.05) is 0 Å². The molecule has 0 aromatic heterocycles. The van der Waals surface area contributed by atoms with Crippen LogP contribution in [0.3, 0.4) is 0 Å². The SMILES string of the molecule is CSc1cc(Br)ccc1C. The Balaban J connectivity index is 3.09. The van der Waals surface area contributed by atoms with Gasteiger partial charge in [0.05, 0.1) is 0 Å². The first-order chi connectivity index (χ1) is 4.74. The molecule has 0 atom stereocenters. The summed E-state index contributed by atoms with van der Waals surface area (Å²) >= 11 is 5.20. The summed E-state index contributed by atoms with van der Waals surface area (Å²) in [6.45, 7) is 2.12. The van der Waals surface area contributed by atoms with Gasteiger partial charge in [0, 0.05) is 9.37 Å². The molecule has 1 aromatic carbocycles. The van der Waals surface area contributed by atoms with Gasteiger partial charge in [-0.25, -0.2) is 0 Å². The van der Waals surface area contributed by atoms with Crippen LogP contribution in [-0.4, -0.2) is 6.26 Å². The molecule has 1 aromatic rings. The molecule has 54 valence electrons. The largest absolute Gasteiger partial charge is 0.129 e. The Morgan fingerprint density at radius 3 is 2.60 bits per heavy atom. The van der Waals surface area contributed by atoms with E-state index < -0.39 is 0 Å². The van der Waals surface area contributed by atoms with Crippen LogP contribution in [0.5, 0.6) is 0 Å². The summed E-state index contributed by atoms with van der Waals surface area (Å²) in [5.74, 6) is 0. The van der Waals surface area contributed by atoms with Gasteiger partial charge in [0.1, 0.15) is 0 Å². The van der Waals surface area contributed by atoms with Gasteiger partial charge in [-0.15, -0.1) is 11.8 Å². The highest BCUT2D eigenvalue weighted by Gasteiger charge is 1.95. The molecule has 0 radical (unpaired) electrons. The number of benzene rings is 1. The Bertz CT molecular complexity index is 233. The third kappa shape index (κ3) is 1.77. The van der Waals surface area contributed by atoms with Gasteiger partial charge in [-0.05, 0) is 30.9 Å². The molecule has 0 spiro atoms. The topological polar surface area (TPSA) is 0 Å². The van der Waals surface area contributed by atoms with Crippen LogP contribution in [0, 0.1) is 6.92 Å². The molecule has 0 amide bonds. The number of halogens is 1. The lowest BCUT2D eigenvalue weighted by Gasteiger charge is -2.00. The van der Waals surface area contributed by atoms with Crippen molar-refractivity contribution in [3.05, 3.63) is 28.2 Å². The molecule has 0 heterocycles. The van der Waals surface area contributed by atoms with Crippen LogP contribution in [-0.2, 0) is 0 Å². The number of hydrogen-bond donors (Lipinski definition) is 0. The van der Waals surface area contributed by atoms with E-state index in [1.54, 1.807) is 11.8 Å². The van der Waals surface area contributed by atoms with Crippen molar-refractivity contribution >= 4 is 27.7 Å². The van der Waals surface area contributed by atoms with E-state index in [1.165, 1.54) is 10.5 Å². The second-order valence-corrected chi connectivity index (χ2v) is 3.88. The van der Waals surface area contributed by atoms with Gasteiger partial charge < -0.3 is 0 Å². The fourth-order valence-corrected chi connectivity index (χ4v) is 1.94. The van der Waals surface area contributed by atoms with E-state index in [0.29, 0.717) is 0 Å². The molecular weight excluding hydrogens is 208 g/mol. The molecule has 2 heteroatoms. The first kappa shape index (κ1) is 8.15. The molecule has 0 aliphatic heterocycles. The standard InChI is InChI=1S/C8H9BrS/c1-6-3-4-7(9)5-8(6)10-2/h3-5H,1-2H3. The second-order valence-electron chi connectivity index (χ2n) is 2.11. The molecule has 0 bridgehead atoms. The molecule has 10 heavy (non-hydrogen) atoms. The van der Waals surface area contributed by atoms with Crippen LogP contribution >= 0.6 is 27.7 Å². The van der Waals surface area contributed by atoms with Gasteiger partial charge >= 0.3 is 0 Å². The van der Waals surface area contributed by atoms with Crippen molar-refractivity contribution in [2.45, 2.75) is 11.8 Å². The normalized spacial score (nSPS) is 9.90. The van der Waals surface area contributed by atoms with E-state index in [2.05, 4.69) is 47.3 Å². The van der Waals surface area contributed by atoms with Crippen molar-refractivity contribution < 1.29 is 0 Å². The van der Waals surface area contributed by atoms with E-state index in [0.717, 1.165) is 4.47 Å². The summed E-state index contributed by atoms with van der Waals surface area (Å²) in [6.07, 6.45) is 2.09. The maximum absolute atomic E-state index is 3.42. The Kier molecular flexibility index (Phi) is 2.81. The highest BCUT2D eigenvalue weighted by Crippen LogP contribution is 2.23. The Morgan fingerprint density at radius 1 is 1.40 bits per heavy atom. The average molecular weight is 217 g/mol. The Labute approximate surface area is 74.2 Å². The average Bonchev–Trinajstić information content (AvgIpc) is 1.94. The van der Waals surface area contributed by atoms with Gasteiger partial charge in [0.25, 0.3) is 0 Å². The van der Waals surface area contributed by atoms with Crippen LogP contribution in [0.2, 0.25) is 0 Å². The van der Waals surface area contributed by atoms with Crippen molar-refractivity contribution in [2.75, 3.05) is 6.26 Å². The van der Waals surface area contributed by atoms with Crippen LogP contribution in [0.15, 0.2) is 27.6 Å². The fourth-order valence-electron chi connectivity index (χ4n) is 0.794. The van der Waals surface area contributed by atoms with E-state index in [9.17, 15) is 0 Å². The monoisotopic (exact) mass is 216 g/mol. The summed E-state index contributed by atoms with van der Waals surface area (Å²) in [6, 6.07) is 6.32. The molecule has 0 nitrogen and oxygen atoms in total. The second kappa shape index (κ2) is 3.44. The van der Waals surface area contributed by atoms with Gasteiger partial charge in [0.15, 0.2) is 0 Å². The molecule has 0 fully saturated rings. The molecule has 0 unspecified atom stereocenters. The van der Waals surface area contributed by atoms with Crippen molar-refractivity contribution in [3.8, 4) is 0 Å². The third-order valence-electron chi connectivity index (χ3n) is 1.37. The lowest BCUT2D eigenvalue weighted by atomic mass is 10.2. The lowest BCUT2D eigenvalue weighted by molar-refractivity contribution is 1.29. The molecule has 0 aliphatic rings. The summed E-state index contributed by atoms with van der Waals surface area (Å²) in [7, 11) is 0. The van der Waals surface area contributed by atoms with E-state index in [4.69, 9.17) is 0 Å². The lowest BCUT2D eigenvalue weighted by Crippen LogP contribution is -1.76. The quantitative estimate of drug-likeness (QED) is 0.649. The third-order valence-corrected chi connectivity index (χ3v) is 2.74. The zero-order chi connectivity index (χ0) is 7.56. The molecule has 0 saturated heterocycles. The van der Waals surface area contributed by atoms with Crippen LogP contribution in [0.4, 0.5) is 0 Å². The minimum Gasteiger partial charge on any atom is -0.129 e. The smallest absolute Gasteiger partial charge is 0.0186 e. The summed E-state index contributed by atoms with van der Waals surface area (Å²) in [5, 5.41) is 0. The zero-order valence-electron chi connectivity index (χ0n) is 6.02. The maximum Gasteiger partial charge on any atom is 0.0186 e. The molecule has 0 saturated carbocycles. The molecule has 0 aliphatic carbocycles. The van der Waals surface area contributed by atoms with Crippen LogP contribution in [0.1, 0.15) is 5.56 Å². The Hall–Kier alpha value is 0.0500. The number of rotatable bonds is 1. The van der Waals surface area contributed by atoms with Crippen LogP contribution in [0.25, 0.3) is 0 Å². The fraction of sp³-hybridized carbons (Fsp3) is 0.250. The van der Waals surface area contributed by atoms with Gasteiger partial charge in [-0.2, -0.15) is 0 Å². The van der Waals surface area contributed by atoms with Crippen molar-refractivity contribution in [3.63, 3.8) is 0 Å². The van der Waals surface area contributed by atoms with E-state index >= 15 is 0 Å². The summed E-state index contributed by atoms with van der Waals surface area (Å²) < 4.78 is 1.16. The highest BCUT2D eigenvalue weighted by atomic mass is 79.9. The van der Waals surface area contributed by atoms with Gasteiger partial charge in [-0.1, -0.05) is 22.0 Å². The van der Waals surface area contributed by atoms with Crippen molar-refractivity contribution in [2.24, 2.45) is 0 Å². The van der Waals surface area contributed by atoms with Gasteiger partial charge in [-0.3, -0.25) is 0 Å². The first-order valence-corrected chi connectivity index (χ1v) is 5.06. The maximum atomic E-state index is 3.42. The predicted octanol–water partition coefficient (Wildman–Crippen LogP) is 3.48. The Morgan fingerprint density at radius 2 is 2.10 bits per heavy atom. The highest BCUT2D eigenvalue weighted by molar-refractivity contribution is 9.10. The summed E-state index contributed by atoms with van der Waals surface area (Å²) in [4.78, 5) is 1.34. The summed E-state index contributed by atoms with van der Waals surface area (Å²) in [5.41, 5.74) is 1.34. The number of hydrogen-bond acceptors (Lipinski definition) is 1. The van der Waals surface area contributed by atoms with Gasteiger partial charge in [0.2, 0.25) is 0 Å². The predicted molar refractivity (Wildman–Crippen MR) is 50.7 cm³/mol. The first-order valence-electron chi connectivity index (χ1n) is 3.04. The van der Waals surface area contributed by atoms with Crippen molar-refractivity contribution in [1.82, 2.24) is 0 Å². The van der Waals surface area contributed by atoms with Crippen LogP contribution < -0.4 is 0 Å². The number of thioether (sulfide) groups is 1. The number of aryl methyl sites for hydroxylation is 1. The molecule has 0 N–H and O–H groups in total. The minimum absolute atomic E-state index is 1.16. The van der Waals surface area contributed by atoms with Crippen molar-refractivity contribution in [1.29, 1.82) is 0 Å². The molecular formula is C8H9BrS. The molecule has 1 rings (SSSR count). The van der Waals surface area contributed by atoms with E-state index in [-0.39, 0.29) is 0 Å².